The van der Waals surface area contributed by atoms with Crippen molar-refractivity contribution in [3.05, 3.63) is 65.7 Å². The number of ketones is 2. The number of hydrogen-bond acceptors (Lipinski definition) is 5. The first-order valence-corrected chi connectivity index (χ1v) is 7.71. The Labute approximate surface area is 144 Å². The summed E-state index contributed by atoms with van der Waals surface area (Å²) in [6.07, 6.45) is 5.79. The minimum absolute atomic E-state index is 0.160. The zero-order valence-electron chi connectivity index (χ0n) is 13.3. The van der Waals surface area contributed by atoms with E-state index in [1.807, 2.05) is 6.07 Å². The molecule has 0 amide bonds. The van der Waals surface area contributed by atoms with Crippen molar-refractivity contribution in [1.29, 1.82) is 0 Å². The molecule has 25 heavy (non-hydrogen) atoms. The standard InChI is InChI=1S/C20H16O5/c21-16-6-1-14(2-7-16)3-8-17(22)12-18(23)9-4-15-5-10-19-20(11-15)25-13-24-19/h1-11,21H,12-13H2/b8-3+,9-4+. The predicted molar refractivity (Wildman–Crippen MR) is 93.4 cm³/mol. The molecule has 0 atom stereocenters. The van der Waals surface area contributed by atoms with E-state index in [1.165, 1.54) is 24.3 Å². The van der Waals surface area contributed by atoms with Crippen LogP contribution < -0.4 is 9.47 Å². The van der Waals surface area contributed by atoms with Gasteiger partial charge in [-0.3, -0.25) is 9.59 Å². The van der Waals surface area contributed by atoms with Gasteiger partial charge in [-0.1, -0.05) is 30.4 Å². The maximum Gasteiger partial charge on any atom is 0.231 e. The van der Waals surface area contributed by atoms with Crippen LogP contribution in [0.15, 0.2) is 54.6 Å². The lowest BCUT2D eigenvalue weighted by Gasteiger charge is -1.97. The van der Waals surface area contributed by atoms with Crippen LogP contribution in [-0.2, 0) is 9.59 Å². The van der Waals surface area contributed by atoms with Crippen LogP contribution >= 0.6 is 0 Å². The Kier molecular flexibility index (Phi) is 4.95. The number of phenols is 1. The zero-order valence-corrected chi connectivity index (χ0v) is 13.3. The van der Waals surface area contributed by atoms with Gasteiger partial charge in [-0.25, -0.2) is 0 Å². The highest BCUT2D eigenvalue weighted by Gasteiger charge is 2.12. The second kappa shape index (κ2) is 7.49. The predicted octanol–water partition coefficient (Wildman–Crippen LogP) is 3.38. The second-order valence-corrected chi connectivity index (χ2v) is 5.48. The Balaban J connectivity index is 1.54. The summed E-state index contributed by atoms with van der Waals surface area (Å²) in [6.45, 7) is 0.198. The number of carbonyl (C=O) groups excluding carboxylic acids is 2. The molecular formula is C20H16O5. The summed E-state index contributed by atoms with van der Waals surface area (Å²) < 4.78 is 10.5. The van der Waals surface area contributed by atoms with Crippen LogP contribution in [0.5, 0.6) is 17.2 Å². The van der Waals surface area contributed by atoms with Crippen LogP contribution in [0, 0.1) is 0 Å². The molecule has 0 unspecified atom stereocenters. The average molecular weight is 336 g/mol. The van der Waals surface area contributed by atoms with Crippen molar-refractivity contribution in [3.8, 4) is 17.2 Å². The normalized spacial score (nSPS) is 12.8. The van der Waals surface area contributed by atoms with Gasteiger partial charge in [0.05, 0.1) is 6.42 Å². The summed E-state index contributed by atoms with van der Waals surface area (Å²) in [5, 5.41) is 9.20. The third-order valence-corrected chi connectivity index (χ3v) is 3.56. The molecule has 1 heterocycles. The summed E-state index contributed by atoms with van der Waals surface area (Å²) in [5.74, 6) is 0.916. The van der Waals surface area contributed by atoms with E-state index < -0.39 is 0 Å². The summed E-state index contributed by atoms with van der Waals surface area (Å²) in [7, 11) is 0. The molecule has 2 aromatic rings. The van der Waals surface area contributed by atoms with E-state index >= 15 is 0 Å². The SMILES string of the molecule is O=C(/C=C/c1ccc(O)cc1)CC(=O)/C=C/c1ccc2c(c1)OCO2. The lowest BCUT2D eigenvalue weighted by Crippen LogP contribution is -2.01. The van der Waals surface area contributed by atoms with E-state index in [0.29, 0.717) is 11.5 Å². The van der Waals surface area contributed by atoms with Crippen molar-refractivity contribution in [2.24, 2.45) is 0 Å². The first-order valence-electron chi connectivity index (χ1n) is 7.71. The number of phenolic OH excluding ortho intramolecular Hbond substituents is 1. The topological polar surface area (TPSA) is 72.8 Å². The van der Waals surface area contributed by atoms with E-state index in [1.54, 1.807) is 36.4 Å². The van der Waals surface area contributed by atoms with Crippen molar-refractivity contribution < 1.29 is 24.2 Å². The fourth-order valence-corrected chi connectivity index (χ4v) is 2.27. The number of benzene rings is 2. The third kappa shape index (κ3) is 4.57. The lowest BCUT2D eigenvalue weighted by molar-refractivity contribution is -0.121. The second-order valence-electron chi connectivity index (χ2n) is 5.48. The monoisotopic (exact) mass is 336 g/mol. The highest BCUT2D eigenvalue weighted by molar-refractivity contribution is 6.10. The van der Waals surface area contributed by atoms with Gasteiger partial charge in [-0.2, -0.15) is 0 Å². The Morgan fingerprint density at radius 2 is 1.48 bits per heavy atom. The van der Waals surface area contributed by atoms with Crippen molar-refractivity contribution in [2.75, 3.05) is 6.79 Å². The van der Waals surface area contributed by atoms with E-state index in [0.717, 1.165) is 11.1 Å². The van der Waals surface area contributed by atoms with Gasteiger partial charge < -0.3 is 14.6 Å². The zero-order chi connectivity index (χ0) is 17.6. The van der Waals surface area contributed by atoms with Crippen LogP contribution in [0.3, 0.4) is 0 Å². The smallest absolute Gasteiger partial charge is 0.231 e. The Morgan fingerprint density at radius 3 is 2.20 bits per heavy atom. The largest absolute Gasteiger partial charge is 0.508 e. The van der Waals surface area contributed by atoms with Crippen LogP contribution in [0.4, 0.5) is 0 Å². The van der Waals surface area contributed by atoms with Gasteiger partial charge in [0.2, 0.25) is 6.79 Å². The van der Waals surface area contributed by atoms with Gasteiger partial charge in [-0.15, -0.1) is 0 Å². The molecule has 0 saturated carbocycles. The minimum atomic E-state index is -0.284. The van der Waals surface area contributed by atoms with E-state index in [-0.39, 0.29) is 30.5 Å². The number of aromatic hydroxyl groups is 1. The van der Waals surface area contributed by atoms with Crippen molar-refractivity contribution in [2.45, 2.75) is 6.42 Å². The van der Waals surface area contributed by atoms with Crippen molar-refractivity contribution in [1.82, 2.24) is 0 Å². The molecule has 1 aliphatic heterocycles. The van der Waals surface area contributed by atoms with Crippen LogP contribution in [0.2, 0.25) is 0 Å². The molecule has 5 heteroatoms. The third-order valence-electron chi connectivity index (χ3n) is 3.56. The molecule has 1 aliphatic rings. The molecule has 126 valence electrons. The fourth-order valence-electron chi connectivity index (χ4n) is 2.27. The van der Waals surface area contributed by atoms with Gasteiger partial charge in [0.15, 0.2) is 23.1 Å². The number of hydrogen-bond donors (Lipinski definition) is 1. The molecule has 0 saturated heterocycles. The molecule has 0 spiro atoms. The first-order chi connectivity index (χ1) is 12.1. The highest BCUT2D eigenvalue weighted by atomic mass is 16.7. The van der Waals surface area contributed by atoms with E-state index in [9.17, 15) is 14.7 Å². The van der Waals surface area contributed by atoms with E-state index in [4.69, 9.17) is 9.47 Å². The van der Waals surface area contributed by atoms with Crippen LogP contribution in [-0.4, -0.2) is 23.5 Å². The quantitative estimate of drug-likeness (QED) is 0.647. The molecule has 2 aromatic carbocycles. The Bertz CT molecular complexity index is 847. The Hall–Kier alpha value is -3.34. The summed E-state index contributed by atoms with van der Waals surface area (Å²) >= 11 is 0. The Morgan fingerprint density at radius 1 is 0.880 bits per heavy atom. The molecule has 1 N–H and O–H groups in total. The molecule has 0 fully saturated rings. The molecule has 0 radical (unpaired) electrons. The number of ether oxygens (including phenoxy) is 2. The van der Waals surface area contributed by atoms with Crippen LogP contribution in [0.1, 0.15) is 17.5 Å². The van der Waals surface area contributed by atoms with Gasteiger partial charge in [-0.05, 0) is 47.5 Å². The molecule has 0 bridgehead atoms. The van der Waals surface area contributed by atoms with Crippen molar-refractivity contribution >= 4 is 23.7 Å². The van der Waals surface area contributed by atoms with Gasteiger partial charge in [0.1, 0.15) is 5.75 Å². The van der Waals surface area contributed by atoms with Gasteiger partial charge >= 0.3 is 0 Å². The first kappa shape index (κ1) is 16.5. The van der Waals surface area contributed by atoms with Gasteiger partial charge in [0, 0.05) is 0 Å². The number of carbonyl (C=O) groups is 2. The lowest BCUT2D eigenvalue weighted by atomic mass is 10.1. The molecule has 0 aromatic heterocycles. The summed E-state index contributed by atoms with van der Waals surface area (Å²) in [4.78, 5) is 23.7. The summed E-state index contributed by atoms with van der Waals surface area (Å²) in [5.41, 5.74) is 1.57. The number of allylic oxidation sites excluding steroid dienone is 2. The molecular weight excluding hydrogens is 320 g/mol. The van der Waals surface area contributed by atoms with Crippen molar-refractivity contribution in [3.63, 3.8) is 0 Å². The number of fused-ring (bicyclic) bond motifs is 1. The minimum Gasteiger partial charge on any atom is -0.508 e. The average Bonchev–Trinajstić information content (AvgIpc) is 3.07. The number of rotatable bonds is 6. The maximum absolute atomic E-state index is 11.9. The maximum atomic E-state index is 11.9. The molecule has 5 nitrogen and oxygen atoms in total. The molecule has 3 rings (SSSR count). The summed E-state index contributed by atoms with van der Waals surface area (Å²) in [6, 6.07) is 11.8. The highest BCUT2D eigenvalue weighted by Crippen LogP contribution is 2.32. The van der Waals surface area contributed by atoms with E-state index in [2.05, 4.69) is 0 Å². The molecule has 0 aliphatic carbocycles. The van der Waals surface area contributed by atoms with Gasteiger partial charge in [0.25, 0.3) is 0 Å². The van der Waals surface area contributed by atoms with Crippen LogP contribution in [0.25, 0.3) is 12.2 Å². The fraction of sp³-hybridized carbons (Fsp3) is 0.100.